The van der Waals surface area contributed by atoms with Gasteiger partial charge in [-0.1, -0.05) is 12.1 Å². The number of nitrogens with one attached hydrogen (secondary N) is 1. The van der Waals surface area contributed by atoms with Gasteiger partial charge in [-0.05, 0) is 72.1 Å². The van der Waals surface area contributed by atoms with Gasteiger partial charge in [0.2, 0.25) is 0 Å². The van der Waals surface area contributed by atoms with Crippen LogP contribution >= 0.6 is 0 Å². The highest BCUT2D eigenvalue weighted by Crippen LogP contribution is 2.41. The first-order valence-electron chi connectivity index (χ1n) is 11.1. The van der Waals surface area contributed by atoms with Crippen molar-refractivity contribution in [2.45, 2.75) is 83.6 Å². The van der Waals surface area contributed by atoms with Crippen LogP contribution in [0.3, 0.4) is 0 Å². The van der Waals surface area contributed by atoms with Crippen LogP contribution in [-0.2, 0) is 19.0 Å². The van der Waals surface area contributed by atoms with Crippen LogP contribution in [0.2, 0.25) is 0 Å². The van der Waals surface area contributed by atoms with Gasteiger partial charge in [0.25, 0.3) is 0 Å². The molecular weight excluding hydrogens is 396 g/mol. The van der Waals surface area contributed by atoms with Crippen molar-refractivity contribution in [3.05, 3.63) is 29.8 Å². The normalized spacial score (nSPS) is 24.2. The van der Waals surface area contributed by atoms with E-state index in [-0.39, 0.29) is 0 Å². The molecule has 3 rings (SSSR count). The van der Waals surface area contributed by atoms with Crippen molar-refractivity contribution in [2.24, 2.45) is 0 Å². The summed E-state index contributed by atoms with van der Waals surface area (Å²) >= 11 is 0. The summed E-state index contributed by atoms with van der Waals surface area (Å²) in [6.45, 7) is 13.2. The van der Waals surface area contributed by atoms with Gasteiger partial charge < -0.3 is 24.4 Å². The molecule has 2 atom stereocenters. The van der Waals surface area contributed by atoms with E-state index in [0.717, 1.165) is 24.3 Å². The molecule has 7 heteroatoms. The van der Waals surface area contributed by atoms with Crippen molar-refractivity contribution in [2.75, 3.05) is 24.6 Å². The zero-order valence-electron chi connectivity index (χ0n) is 19.6. The molecule has 0 spiro atoms. The Morgan fingerprint density at radius 3 is 2.13 bits per heavy atom. The Hall–Kier alpha value is -2.28. The molecule has 0 aromatic heterocycles. The number of hydrogen-bond donors (Lipinski definition) is 1. The first kappa shape index (κ1) is 23.4. The molecule has 2 fully saturated rings. The summed E-state index contributed by atoms with van der Waals surface area (Å²) in [5.41, 5.74) is -0.771. The molecule has 1 aromatic carbocycles. The minimum atomic E-state index is -1.36. The van der Waals surface area contributed by atoms with Crippen molar-refractivity contribution in [1.82, 2.24) is 5.32 Å². The van der Waals surface area contributed by atoms with Crippen LogP contribution in [0, 0.1) is 0 Å². The van der Waals surface area contributed by atoms with Gasteiger partial charge in [0.15, 0.2) is 5.54 Å². The van der Waals surface area contributed by atoms with Crippen LogP contribution in [0.5, 0.6) is 0 Å². The lowest BCUT2D eigenvalue weighted by molar-refractivity contribution is -0.166. The predicted molar refractivity (Wildman–Crippen MR) is 119 cm³/mol. The highest BCUT2D eigenvalue weighted by atomic mass is 16.6. The van der Waals surface area contributed by atoms with Crippen molar-refractivity contribution < 1.29 is 23.8 Å². The number of alkyl carbamates (subject to hydrolysis) is 1. The van der Waals surface area contributed by atoms with Gasteiger partial charge in [0, 0.05) is 25.2 Å². The molecule has 1 amide bonds. The minimum Gasteiger partial charge on any atom is -0.458 e. The molecule has 0 radical (unpaired) electrons. The van der Waals surface area contributed by atoms with Gasteiger partial charge in [-0.15, -0.1) is 0 Å². The van der Waals surface area contributed by atoms with Crippen LogP contribution in [0.15, 0.2) is 24.3 Å². The third-order valence-corrected chi connectivity index (χ3v) is 5.38. The van der Waals surface area contributed by atoms with E-state index in [9.17, 15) is 9.59 Å². The highest BCUT2D eigenvalue weighted by molar-refractivity contribution is 5.87. The van der Waals surface area contributed by atoms with Crippen LogP contribution in [0.4, 0.5) is 10.5 Å². The molecule has 0 unspecified atom stereocenters. The molecule has 2 aliphatic rings. The third kappa shape index (κ3) is 5.70. The molecule has 0 saturated carbocycles. The Balaban J connectivity index is 1.90. The molecule has 31 heavy (non-hydrogen) atoms. The molecule has 0 bridgehead atoms. The maximum atomic E-state index is 13.4. The quantitative estimate of drug-likeness (QED) is 0.713. The number of amides is 1. The fourth-order valence-corrected chi connectivity index (χ4v) is 4.07. The summed E-state index contributed by atoms with van der Waals surface area (Å²) in [5, 5.41) is 2.82. The zero-order chi connectivity index (χ0) is 22.9. The monoisotopic (exact) mass is 432 g/mol. The summed E-state index contributed by atoms with van der Waals surface area (Å²) in [7, 11) is 0. The van der Waals surface area contributed by atoms with E-state index in [4.69, 9.17) is 14.2 Å². The average Bonchev–Trinajstić information content (AvgIpc) is 3.29. The van der Waals surface area contributed by atoms with E-state index in [1.807, 2.05) is 32.9 Å². The molecule has 7 nitrogen and oxygen atoms in total. The SMILES string of the molecule is CC(C)(C)OC(=O)N[C@@]1(C(=O)OC(C)(C)C)CCO[C@@H]1c1ccc(N2CCCC2)cc1. The molecule has 1 N–H and O–H groups in total. The van der Waals surface area contributed by atoms with Crippen molar-refractivity contribution in [3.63, 3.8) is 0 Å². The number of nitrogens with zero attached hydrogens (tertiary/aromatic N) is 1. The van der Waals surface area contributed by atoms with Crippen molar-refractivity contribution in [3.8, 4) is 0 Å². The summed E-state index contributed by atoms with van der Waals surface area (Å²) in [6.07, 6.45) is 1.38. The first-order chi connectivity index (χ1) is 14.4. The minimum absolute atomic E-state index is 0.305. The number of esters is 1. The van der Waals surface area contributed by atoms with Crippen LogP contribution in [0.1, 0.15) is 72.5 Å². The first-order valence-corrected chi connectivity index (χ1v) is 11.1. The van der Waals surface area contributed by atoms with E-state index in [2.05, 4.69) is 22.3 Å². The van der Waals surface area contributed by atoms with E-state index in [1.54, 1.807) is 20.8 Å². The Labute approximate surface area is 185 Å². The number of carbonyl (C=O) groups excluding carboxylic acids is 2. The van der Waals surface area contributed by atoms with Gasteiger partial charge in [0.1, 0.15) is 17.3 Å². The van der Waals surface area contributed by atoms with E-state index >= 15 is 0 Å². The number of ether oxygens (including phenoxy) is 3. The summed E-state index contributed by atoms with van der Waals surface area (Å²) in [4.78, 5) is 28.4. The standard InChI is InChI=1S/C24H36N2O5/c1-22(2,3)30-20(27)24(25-21(28)31-23(4,5)6)13-16-29-19(24)17-9-11-18(12-10-17)26-14-7-8-15-26/h9-12,19H,7-8,13-16H2,1-6H3,(H,25,28)/t19-,24+/m1/s1. The maximum Gasteiger partial charge on any atom is 0.408 e. The van der Waals surface area contributed by atoms with Crippen LogP contribution < -0.4 is 10.2 Å². The number of carbonyl (C=O) groups is 2. The number of benzene rings is 1. The molecule has 0 aliphatic carbocycles. The molecule has 2 heterocycles. The Morgan fingerprint density at radius 1 is 1.00 bits per heavy atom. The molecule has 2 saturated heterocycles. The lowest BCUT2D eigenvalue weighted by Gasteiger charge is -2.36. The van der Waals surface area contributed by atoms with E-state index in [1.165, 1.54) is 12.8 Å². The second-order valence-electron chi connectivity index (χ2n) is 10.4. The van der Waals surface area contributed by atoms with Gasteiger partial charge in [0.05, 0.1) is 6.61 Å². The second kappa shape index (κ2) is 8.69. The largest absolute Gasteiger partial charge is 0.458 e. The Bertz CT molecular complexity index is 788. The Morgan fingerprint density at radius 2 is 1.58 bits per heavy atom. The number of rotatable bonds is 4. The van der Waals surface area contributed by atoms with E-state index in [0.29, 0.717) is 13.0 Å². The number of anilines is 1. The smallest absolute Gasteiger partial charge is 0.408 e. The number of hydrogen-bond acceptors (Lipinski definition) is 6. The maximum absolute atomic E-state index is 13.4. The van der Waals surface area contributed by atoms with Gasteiger partial charge in [-0.3, -0.25) is 0 Å². The van der Waals surface area contributed by atoms with Gasteiger partial charge in [-0.2, -0.15) is 0 Å². The Kier molecular flexibility index (Phi) is 6.56. The van der Waals surface area contributed by atoms with Crippen molar-refractivity contribution in [1.29, 1.82) is 0 Å². The van der Waals surface area contributed by atoms with Crippen molar-refractivity contribution >= 4 is 17.7 Å². The molecule has 2 aliphatic heterocycles. The van der Waals surface area contributed by atoms with Crippen LogP contribution in [0.25, 0.3) is 0 Å². The third-order valence-electron chi connectivity index (χ3n) is 5.38. The van der Waals surface area contributed by atoms with Crippen LogP contribution in [-0.4, -0.2) is 48.5 Å². The average molecular weight is 433 g/mol. The molecule has 1 aromatic rings. The fraction of sp³-hybridized carbons (Fsp3) is 0.667. The molecule has 172 valence electrons. The zero-order valence-corrected chi connectivity index (χ0v) is 19.6. The second-order valence-corrected chi connectivity index (χ2v) is 10.4. The van der Waals surface area contributed by atoms with Gasteiger partial charge >= 0.3 is 12.1 Å². The lowest BCUT2D eigenvalue weighted by atomic mass is 9.86. The summed E-state index contributed by atoms with van der Waals surface area (Å²) in [6, 6.07) is 8.05. The highest BCUT2D eigenvalue weighted by Gasteiger charge is 2.55. The summed E-state index contributed by atoms with van der Waals surface area (Å²) in [5.74, 6) is -0.517. The molecular formula is C24H36N2O5. The topological polar surface area (TPSA) is 77.1 Å². The van der Waals surface area contributed by atoms with Gasteiger partial charge in [-0.25, -0.2) is 9.59 Å². The lowest BCUT2D eigenvalue weighted by Crippen LogP contribution is -2.59. The predicted octanol–water partition coefficient (Wildman–Crippen LogP) is 4.35. The summed E-state index contributed by atoms with van der Waals surface area (Å²) < 4.78 is 17.2. The van der Waals surface area contributed by atoms with E-state index < -0.39 is 34.9 Å². The fourth-order valence-electron chi connectivity index (χ4n) is 4.07.